The molecule has 0 saturated heterocycles. The molecule has 2 unspecified atom stereocenters. The third-order valence-corrected chi connectivity index (χ3v) is 12.4. The van der Waals surface area contributed by atoms with Crippen LogP contribution in [0.25, 0.3) is 0 Å². The van der Waals surface area contributed by atoms with E-state index in [0.29, 0.717) is 41.6 Å². The van der Waals surface area contributed by atoms with Gasteiger partial charge in [0.05, 0.1) is 18.0 Å². The fraction of sp³-hybridized carbons (Fsp3) is 0.621. The van der Waals surface area contributed by atoms with E-state index < -0.39 is 15.9 Å². The molecule has 206 valence electrons. The Labute approximate surface area is 235 Å². The second-order valence-corrected chi connectivity index (χ2v) is 15.4. The predicted octanol–water partition coefficient (Wildman–Crippen LogP) is 5.74. The maximum absolute atomic E-state index is 13.1. The van der Waals surface area contributed by atoms with E-state index in [4.69, 9.17) is 16.3 Å². The Kier molecular flexibility index (Phi) is 7.51. The van der Waals surface area contributed by atoms with Crippen LogP contribution < -0.4 is 14.4 Å². The topological polar surface area (TPSA) is 75.7 Å². The predicted molar refractivity (Wildman–Crippen MR) is 155 cm³/mol. The highest BCUT2D eigenvalue weighted by molar-refractivity contribution is 7.99. The van der Waals surface area contributed by atoms with Gasteiger partial charge in [0.1, 0.15) is 5.75 Å². The van der Waals surface area contributed by atoms with Crippen LogP contribution in [0.15, 0.2) is 41.5 Å². The number of thioether (sulfide) groups is 1. The van der Waals surface area contributed by atoms with Crippen molar-refractivity contribution in [1.29, 1.82) is 0 Å². The largest absolute Gasteiger partial charge is 0.491 e. The average Bonchev–Trinajstić information content (AvgIpc) is 3.02. The Morgan fingerprint density at radius 3 is 2.87 bits per heavy atom. The first-order valence-electron chi connectivity index (χ1n) is 14.1. The summed E-state index contributed by atoms with van der Waals surface area (Å²) in [6, 6.07) is 5.39. The second-order valence-electron chi connectivity index (χ2n) is 11.8. The first kappa shape index (κ1) is 26.6. The first-order chi connectivity index (χ1) is 18.3. The molecule has 2 aliphatic heterocycles. The monoisotopic (exact) mass is 576 g/mol. The Morgan fingerprint density at radius 1 is 1.13 bits per heavy atom. The average molecular weight is 577 g/mol. The molecule has 38 heavy (non-hydrogen) atoms. The number of nitrogens with one attached hydrogen (secondary N) is 1. The molecule has 2 fully saturated rings. The number of sulfonamides is 1. The first-order valence-corrected chi connectivity index (χ1v) is 17.1. The zero-order chi connectivity index (χ0) is 26.3. The Bertz CT molecular complexity index is 1250. The number of nitrogens with zero attached hydrogens (tertiary/aromatic N) is 1. The van der Waals surface area contributed by atoms with Gasteiger partial charge in [0.2, 0.25) is 10.0 Å². The van der Waals surface area contributed by atoms with Crippen LogP contribution in [0.2, 0.25) is 0 Å². The van der Waals surface area contributed by atoms with E-state index >= 15 is 0 Å². The fourth-order valence-electron chi connectivity index (χ4n) is 7.06. The van der Waals surface area contributed by atoms with Crippen molar-refractivity contribution < 1.29 is 17.9 Å². The normalized spacial score (nSPS) is 35.0. The van der Waals surface area contributed by atoms with Crippen LogP contribution in [0.4, 0.5) is 5.69 Å². The van der Waals surface area contributed by atoms with Gasteiger partial charge < -0.3 is 9.64 Å². The van der Waals surface area contributed by atoms with Crippen molar-refractivity contribution in [2.75, 3.05) is 36.1 Å². The van der Waals surface area contributed by atoms with Crippen molar-refractivity contribution in [3.63, 3.8) is 0 Å². The van der Waals surface area contributed by atoms with Gasteiger partial charge in [0, 0.05) is 34.4 Å². The van der Waals surface area contributed by atoms with Gasteiger partial charge in [-0.3, -0.25) is 4.79 Å². The van der Waals surface area contributed by atoms with Gasteiger partial charge in [-0.25, -0.2) is 13.1 Å². The highest BCUT2D eigenvalue weighted by Gasteiger charge is 2.48. The van der Waals surface area contributed by atoms with Crippen LogP contribution >= 0.6 is 23.4 Å². The minimum atomic E-state index is -3.67. The SMILES string of the molecule is O=C1NS(=O)(=O)CCCCCS[C@H]2CC[C@H]2CN2C[C@@]3(CCCC4C=C(Cl)C=CC43)COc3ccc1cc32. The number of benzene rings is 1. The van der Waals surface area contributed by atoms with Crippen LogP contribution in [0.3, 0.4) is 0 Å². The van der Waals surface area contributed by atoms with Crippen LogP contribution in [0.5, 0.6) is 5.75 Å². The van der Waals surface area contributed by atoms with E-state index in [2.05, 4.69) is 33.5 Å². The van der Waals surface area contributed by atoms with Gasteiger partial charge in [-0.15, -0.1) is 0 Å². The highest BCUT2D eigenvalue weighted by Crippen LogP contribution is 2.52. The lowest BCUT2D eigenvalue weighted by atomic mass is 9.60. The van der Waals surface area contributed by atoms with E-state index in [1.807, 2.05) is 18.2 Å². The molecular formula is C29H37ClN2O4S2. The van der Waals surface area contributed by atoms with Gasteiger partial charge in [0.25, 0.3) is 5.91 Å². The lowest BCUT2D eigenvalue weighted by molar-refractivity contribution is 0.0466. The minimum Gasteiger partial charge on any atom is -0.491 e. The minimum absolute atomic E-state index is 0.0211. The molecule has 5 atom stereocenters. The van der Waals surface area contributed by atoms with Crippen molar-refractivity contribution in [1.82, 2.24) is 4.72 Å². The van der Waals surface area contributed by atoms with Crippen molar-refractivity contribution in [3.05, 3.63) is 47.0 Å². The molecule has 9 heteroatoms. The molecule has 1 spiro atoms. The number of amides is 1. The van der Waals surface area contributed by atoms with Crippen LogP contribution in [0, 0.1) is 23.2 Å². The number of allylic oxidation sites excluding steroid dienone is 4. The maximum Gasteiger partial charge on any atom is 0.264 e. The maximum atomic E-state index is 13.1. The molecule has 2 bridgehead atoms. The molecule has 1 amide bonds. The summed E-state index contributed by atoms with van der Waals surface area (Å²) in [6.45, 7) is 2.40. The number of ether oxygens (including phenoxy) is 1. The molecule has 2 saturated carbocycles. The number of carbonyl (C=O) groups excluding carboxylic acids is 1. The molecule has 5 aliphatic rings. The van der Waals surface area contributed by atoms with Crippen molar-refractivity contribution in [3.8, 4) is 5.75 Å². The molecule has 0 aromatic heterocycles. The van der Waals surface area contributed by atoms with E-state index in [0.717, 1.165) is 67.4 Å². The highest BCUT2D eigenvalue weighted by atomic mass is 35.5. The van der Waals surface area contributed by atoms with Gasteiger partial charge in [-0.2, -0.15) is 11.8 Å². The molecule has 1 N–H and O–H groups in total. The number of carbonyl (C=O) groups is 1. The van der Waals surface area contributed by atoms with Crippen molar-refractivity contribution in [2.45, 2.75) is 56.6 Å². The second kappa shape index (κ2) is 10.7. The van der Waals surface area contributed by atoms with Gasteiger partial charge in [-0.05, 0) is 86.3 Å². The van der Waals surface area contributed by atoms with Gasteiger partial charge >= 0.3 is 0 Å². The standard InChI is InChI=1S/C29H37ClN2O4S2/c30-23-8-9-24-20(15-23)5-4-12-29(24)18-32-17-22-7-11-27(22)37-13-2-1-3-14-38(34,35)31-28(33)21-6-10-26(36-19-29)25(32)16-21/h6,8-10,15-16,20,22,24,27H,1-5,7,11-14,17-19H2,(H,31,33)/t20?,22-,24?,27-,29-/m0/s1. The number of halogens is 1. The third kappa shape index (κ3) is 5.37. The van der Waals surface area contributed by atoms with Gasteiger partial charge in [-0.1, -0.05) is 36.6 Å². The summed E-state index contributed by atoms with van der Waals surface area (Å²) < 4.78 is 34.0. The molecular weight excluding hydrogens is 540 g/mol. The Morgan fingerprint density at radius 2 is 2.03 bits per heavy atom. The number of fused-ring (bicyclic) bond motifs is 4. The summed E-state index contributed by atoms with van der Waals surface area (Å²) in [5.41, 5.74) is 1.22. The molecule has 6 rings (SSSR count). The Hall–Kier alpha value is -1.64. The zero-order valence-corrected chi connectivity index (χ0v) is 24.1. The van der Waals surface area contributed by atoms with Crippen LogP contribution in [0.1, 0.15) is 61.7 Å². The lowest BCUT2D eigenvalue weighted by Crippen LogP contribution is -2.51. The van der Waals surface area contributed by atoms with Crippen molar-refractivity contribution in [2.24, 2.45) is 23.2 Å². The zero-order valence-electron chi connectivity index (χ0n) is 21.7. The molecule has 6 nitrogen and oxygen atoms in total. The van der Waals surface area contributed by atoms with Crippen LogP contribution in [-0.2, 0) is 10.0 Å². The molecule has 2 heterocycles. The number of hydrogen-bond acceptors (Lipinski definition) is 6. The molecule has 1 aromatic carbocycles. The van der Waals surface area contributed by atoms with E-state index in [9.17, 15) is 13.2 Å². The summed E-state index contributed by atoms with van der Waals surface area (Å²) in [5.74, 6) is 2.62. The Balaban J connectivity index is 1.36. The van der Waals surface area contributed by atoms with Gasteiger partial charge in [0.15, 0.2) is 0 Å². The van der Waals surface area contributed by atoms with E-state index in [1.54, 1.807) is 6.07 Å². The lowest BCUT2D eigenvalue weighted by Gasteiger charge is -2.49. The molecule has 0 radical (unpaired) electrons. The summed E-state index contributed by atoms with van der Waals surface area (Å²) in [4.78, 5) is 15.5. The van der Waals surface area contributed by atoms with Crippen molar-refractivity contribution >= 4 is 45.0 Å². The molecule has 3 aliphatic carbocycles. The molecule has 1 aromatic rings. The fourth-order valence-corrected chi connectivity index (χ4v) is 9.85. The van der Waals surface area contributed by atoms with E-state index in [1.165, 1.54) is 12.8 Å². The smallest absolute Gasteiger partial charge is 0.264 e. The summed E-state index contributed by atoms with van der Waals surface area (Å²) in [5, 5.41) is 1.46. The number of hydrogen-bond donors (Lipinski definition) is 1. The summed E-state index contributed by atoms with van der Waals surface area (Å²) in [7, 11) is -3.67. The van der Waals surface area contributed by atoms with E-state index in [-0.39, 0.29) is 11.2 Å². The third-order valence-electron chi connectivity index (χ3n) is 9.24. The number of anilines is 1. The van der Waals surface area contributed by atoms with Crippen LogP contribution in [-0.4, -0.2) is 50.8 Å². The summed E-state index contributed by atoms with van der Waals surface area (Å²) >= 11 is 8.46. The number of rotatable bonds is 0. The quantitative estimate of drug-likeness (QED) is 0.425. The summed E-state index contributed by atoms with van der Waals surface area (Å²) in [6.07, 6.45) is 14.8.